The van der Waals surface area contributed by atoms with Crippen molar-refractivity contribution in [2.24, 2.45) is 0 Å². The molecule has 0 aliphatic heterocycles. The van der Waals surface area contributed by atoms with Crippen LogP contribution in [0.25, 0.3) is 0 Å². The molecule has 0 aliphatic carbocycles. The van der Waals surface area contributed by atoms with Gasteiger partial charge in [-0.2, -0.15) is 4.37 Å². The van der Waals surface area contributed by atoms with Crippen molar-refractivity contribution in [1.29, 1.82) is 0 Å². The summed E-state index contributed by atoms with van der Waals surface area (Å²) in [6, 6.07) is 1.78. The summed E-state index contributed by atoms with van der Waals surface area (Å²) in [5.74, 6) is -1.30. The van der Waals surface area contributed by atoms with E-state index in [-0.39, 0.29) is 11.5 Å². The topological polar surface area (TPSA) is 70.5 Å². The first-order chi connectivity index (χ1) is 8.91. The van der Waals surface area contributed by atoms with Gasteiger partial charge in [0, 0.05) is 12.4 Å². The number of amides is 1. The third kappa shape index (κ3) is 2.79. The Labute approximate surface area is 131 Å². The fourth-order valence-electron chi connectivity index (χ4n) is 1.54. The lowest BCUT2D eigenvalue weighted by Crippen LogP contribution is -2.26. The molecule has 0 atom stereocenters. The van der Waals surface area contributed by atoms with Crippen molar-refractivity contribution in [2.75, 3.05) is 11.9 Å². The number of carbonyl (C=O) groups is 2. The number of hydrogen-bond donors (Lipinski definition) is 1. The van der Waals surface area contributed by atoms with E-state index >= 15 is 0 Å². The summed E-state index contributed by atoms with van der Waals surface area (Å²) in [7, 11) is 1.56. The fraction of sp³-hybridized carbons (Fsp3) is 0.182. The van der Waals surface area contributed by atoms with Crippen molar-refractivity contribution in [1.82, 2.24) is 4.37 Å². The maximum absolute atomic E-state index is 12.3. The summed E-state index contributed by atoms with van der Waals surface area (Å²) in [5, 5.41) is 11.3. The van der Waals surface area contributed by atoms with Gasteiger partial charge in [-0.15, -0.1) is 11.3 Å². The van der Waals surface area contributed by atoms with Crippen molar-refractivity contribution < 1.29 is 14.7 Å². The van der Waals surface area contributed by atoms with Crippen LogP contribution in [0.1, 0.15) is 26.4 Å². The first kappa shape index (κ1) is 14.4. The van der Waals surface area contributed by atoms with Crippen LogP contribution in [0.15, 0.2) is 11.4 Å². The Morgan fingerprint density at radius 1 is 1.47 bits per heavy atom. The van der Waals surface area contributed by atoms with E-state index in [1.807, 2.05) is 0 Å². The van der Waals surface area contributed by atoms with Crippen LogP contribution < -0.4 is 4.90 Å². The Balaban J connectivity index is 2.37. The standard InChI is InChI=1S/C11H9IN2O3S2/c1-5-8(11(16)17)10(19-13-5)14(2)9(15)6-3-7(12)18-4-6/h3-4H,1-2H3,(H,16,17). The maximum atomic E-state index is 12.3. The van der Waals surface area contributed by atoms with Crippen LogP contribution in [0.5, 0.6) is 0 Å². The summed E-state index contributed by atoms with van der Waals surface area (Å²) in [6.45, 7) is 1.62. The molecule has 0 spiro atoms. The zero-order valence-corrected chi connectivity index (χ0v) is 13.8. The summed E-state index contributed by atoms with van der Waals surface area (Å²) in [5.41, 5.74) is 1.07. The number of carboxylic acid groups (broad SMARTS) is 1. The van der Waals surface area contributed by atoms with E-state index in [0.717, 1.165) is 14.4 Å². The Hall–Kier alpha value is -1.00. The first-order valence-corrected chi connectivity index (χ1v) is 7.86. The molecular weight excluding hydrogens is 399 g/mol. The van der Waals surface area contributed by atoms with Crippen molar-refractivity contribution in [2.45, 2.75) is 6.92 Å². The SMILES string of the molecule is Cc1nsc(N(C)C(=O)c2csc(I)c2)c1C(=O)O. The van der Waals surface area contributed by atoms with E-state index in [0.29, 0.717) is 16.3 Å². The largest absolute Gasteiger partial charge is 0.478 e. The second-order valence-electron chi connectivity index (χ2n) is 3.76. The lowest BCUT2D eigenvalue weighted by atomic mass is 10.2. The molecule has 2 aromatic rings. The molecule has 0 radical (unpaired) electrons. The summed E-state index contributed by atoms with van der Waals surface area (Å²) in [4.78, 5) is 24.8. The van der Waals surface area contributed by atoms with Crippen molar-refractivity contribution in [3.63, 3.8) is 0 Å². The van der Waals surface area contributed by atoms with Crippen LogP contribution in [0.3, 0.4) is 0 Å². The summed E-state index contributed by atoms with van der Waals surface area (Å²) >= 11 is 4.63. The van der Waals surface area contributed by atoms with E-state index in [4.69, 9.17) is 0 Å². The Morgan fingerprint density at radius 3 is 2.68 bits per heavy atom. The smallest absolute Gasteiger partial charge is 0.340 e. The molecule has 0 unspecified atom stereocenters. The number of halogens is 1. The molecule has 2 rings (SSSR count). The van der Waals surface area contributed by atoms with Gasteiger partial charge >= 0.3 is 5.97 Å². The van der Waals surface area contributed by atoms with E-state index < -0.39 is 5.97 Å². The van der Waals surface area contributed by atoms with Crippen LogP contribution in [0, 0.1) is 9.81 Å². The minimum Gasteiger partial charge on any atom is -0.478 e. The van der Waals surface area contributed by atoms with Gasteiger partial charge in [-0.3, -0.25) is 4.79 Å². The highest BCUT2D eigenvalue weighted by Crippen LogP contribution is 2.29. The summed E-state index contributed by atoms with van der Waals surface area (Å²) in [6.07, 6.45) is 0. The number of nitrogens with zero attached hydrogens (tertiary/aromatic N) is 2. The number of aromatic nitrogens is 1. The van der Waals surface area contributed by atoms with Crippen LogP contribution in [0.4, 0.5) is 5.00 Å². The van der Waals surface area contributed by atoms with Gasteiger partial charge in [-0.05, 0) is 47.1 Å². The molecule has 100 valence electrons. The third-order valence-corrected chi connectivity index (χ3v) is 5.29. The molecule has 8 heteroatoms. The van der Waals surface area contributed by atoms with Gasteiger partial charge in [-0.1, -0.05) is 0 Å². The van der Waals surface area contributed by atoms with E-state index in [1.165, 1.54) is 16.2 Å². The van der Waals surface area contributed by atoms with Crippen molar-refractivity contribution in [3.8, 4) is 0 Å². The molecule has 5 nitrogen and oxygen atoms in total. The minimum absolute atomic E-state index is 0.0887. The fourth-order valence-corrected chi connectivity index (χ4v) is 3.71. The molecular formula is C11H9IN2O3S2. The predicted octanol–water partition coefficient (Wildman–Crippen LogP) is 3.09. The highest BCUT2D eigenvalue weighted by atomic mass is 127. The zero-order valence-electron chi connectivity index (χ0n) is 10.0. The zero-order chi connectivity index (χ0) is 14.2. The molecule has 1 N–H and O–H groups in total. The lowest BCUT2D eigenvalue weighted by Gasteiger charge is -2.14. The molecule has 19 heavy (non-hydrogen) atoms. The van der Waals surface area contributed by atoms with Gasteiger partial charge in [0.15, 0.2) is 0 Å². The Kier molecular flexibility index (Phi) is 4.21. The number of carbonyl (C=O) groups excluding carboxylic acids is 1. The van der Waals surface area contributed by atoms with Gasteiger partial charge in [-0.25, -0.2) is 4.79 Å². The van der Waals surface area contributed by atoms with Crippen LogP contribution in [-0.2, 0) is 0 Å². The number of aromatic carboxylic acids is 1. The van der Waals surface area contributed by atoms with E-state index in [9.17, 15) is 14.7 Å². The number of anilines is 1. The van der Waals surface area contributed by atoms with Gasteiger partial charge in [0.25, 0.3) is 5.91 Å². The molecule has 2 aromatic heterocycles. The van der Waals surface area contributed by atoms with Gasteiger partial charge < -0.3 is 10.0 Å². The number of rotatable bonds is 3. The average molecular weight is 408 g/mol. The Morgan fingerprint density at radius 2 is 2.16 bits per heavy atom. The monoisotopic (exact) mass is 408 g/mol. The van der Waals surface area contributed by atoms with Crippen molar-refractivity contribution in [3.05, 3.63) is 31.2 Å². The number of hydrogen-bond acceptors (Lipinski definition) is 5. The van der Waals surface area contributed by atoms with Crippen LogP contribution in [-0.4, -0.2) is 28.4 Å². The number of carboxylic acids is 1. The lowest BCUT2D eigenvalue weighted by molar-refractivity contribution is 0.0697. The highest BCUT2D eigenvalue weighted by molar-refractivity contribution is 14.1. The molecule has 0 fully saturated rings. The molecule has 2 heterocycles. The third-order valence-electron chi connectivity index (χ3n) is 2.48. The van der Waals surface area contributed by atoms with E-state index in [2.05, 4.69) is 27.0 Å². The molecule has 1 amide bonds. The van der Waals surface area contributed by atoms with Crippen LogP contribution >= 0.6 is 45.5 Å². The number of thiophene rings is 1. The predicted molar refractivity (Wildman–Crippen MR) is 83.6 cm³/mol. The molecule has 0 aromatic carbocycles. The number of aryl methyl sites for hydroxylation is 1. The van der Waals surface area contributed by atoms with Gasteiger partial charge in [0.05, 0.1) is 14.1 Å². The second kappa shape index (κ2) is 5.55. The van der Waals surface area contributed by atoms with Crippen molar-refractivity contribution >= 4 is 62.3 Å². The molecule has 0 aliphatic rings. The Bertz CT molecular complexity index is 650. The normalized spacial score (nSPS) is 10.5. The molecule has 0 saturated carbocycles. The van der Waals surface area contributed by atoms with Gasteiger partial charge in [0.1, 0.15) is 10.6 Å². The first-order valence-electron chi connectivity index (χ1n) is 5.13. The quantitative estimate of drug-likeness (QED) is 0.793. The minimum atomic E-state index is -1.07. The van der Waals surface area contributed by atoms with E-state index in [1.54, 1.807) is 25.4 Å². The molecule has 0 bridgehead atoms. The van der Waals surface area contributed by atoms with Crippen LogP contribution in [0.2, 0.25) is 0 Å². The second-order valence-corrected chi connectivity index (χ2v) is 7.31. The molecule has 0 saturated heterocycles. The average Bonchev–Trinajstić information content (AvgIpc) is 2.93. The maximum Gasteiger partial charge on any atom is 0.340 e. The summed E-state index contributed by atoms with van der Waals surface area (Å²) < 4.78 is 5.02. The van der Waals surface area contributed by atoms with Gasteiger partial charge in [0.2, 0.25) is 0 Å². The highest BCUT2D eigenvalue weighted by Gasteiger charge is 2.24.